The number of nitrogens with one attached hydrogen (secondary N) is 1. The van der Waals surface area contributed by atoms with Gasteiger partial charge in [-0.05, 0) is 62.7 Å². The molecule has 0 radical (unpaired) electrons. The second-order valence-electron chi connectivity index (χ2n) is 10.5. The fourth-order valence-corrected chi connectivity index (χ4v) is 5.70. The van der Waals surface area contributed by atoms with Crippen LogP contribution in [-0.4, -0.2) is 70.0 Å². The zero-order valence-electron chi connectivity index (χ0n) is 22.1. The van der Waals surface area contributed by atoms with Crippen molar-refractivity contribution >= 4 is 5.82 Å². The minimum atomic E-state index is 0.520. The van der Waals surface area contributed by atoms with Crippen molar-refractivity contribution in [3.63, 3.8) is 0 Å². The van der Waals surface area contributed by atoms with E-state index in [4.69, 9.17) is 15.0 Å². The van der Waals surface area contributed by atoms with Crippen molar-refractivity contribution < 1.29 is 0 Å². The third-order valence-corrected chi connectivity index (χ3v) is 7.63. The highest BCUT2D eigenvalue weighted by atomic mass is 15.4. The summed E-state index contributed by atoms with van der Waals surface area (Å²) in [7, 11) is 0. The summed E-state index contributed by atoms with van der Waals surface area (Å²) in [5, 5.41) is 11.6. The second kappa shape index (κ2) is 9.70. The van der Waals surface area contributed by atoms with Crippen LogP contribution in [0.15, 0.2) is 67.3 Å². The Bertz CT molecular complexity index is 1560. The molecule has 2 atom stereocenters. The third-order valence-electron chi connectivity index (χ3n) is 7.63. The number of aryl methyl sites for hydroxylation is 2. The lowest BCUT2D eigenvalue weighted by atomic mass is 9.87. The summed E-state index contributed by atoms with van der Waals surface area (Å²) in [6.45, 7) is 6.83. The first-order valence-electron chi connectivity index (χ1n) is 13.3. The first-order valence-corrected chi connectivity index (χ1v) is 13.3. The van der Waals surface area contributed by atoms with Gasteiger partial charge in [0, 0.05) is 73.7 Å². The molecule has 10 heteroatoms. The molecule has 0 spiro atoms. The van der Waals surface area contributed by atoms with Crippen LogP contribution in [0.2, 0.25) is 0 Å². The Hall–Kier alpha value is -4.44. The van der Waals surface area contributed by atoms with Crippen molar-refractivity contribution in [1.82, 2.24) is 44.8 Å². The van der Waals surface area contributed by atoms with Crippen molar-refractivity contribution in [3.05, 3.63) is 95.7 Å². The van der Waals surface area contributed by atoms with E-state index in [1.807, 2.05) is 55.3 Å². The number of anilines is 1. The molecule has 0 saturated carbocycles. The van der Waals surface area contributed by atoms with Crippen molar-refractivity contribution in [3.8, 4) is 17.1 Å². The third kappa shape index (κ3) is 4.79. The molecule has 2 bridgehead atoms. The van der Waals surface area contributed by atoms with Crippen molar-refractivity contribution in [2.75, 3.05) is 18.0 Å². The smallest absolute Gasteiger partial charge is 0.161 e. The predicted molar refractivity (Wildman–Crippen MR) is 147 cm³/mol. The van der Waals surface area contributed by atoms with Crippen molar-refractivity contribution in [2.45, 2.75) is 45.3 Å². The van der Waals surface area contributed by atoms with Gasteiger partial charge in [0.05, 0.1) is 29.0 Å². The lowest BCUT2D eigenvalue weighted by Gasteiger charge is -2.56. The minimum absolute atomic E-state index is 0.520. The fraction of sp³-hybridized carbons (Fsp3) is 0.310. The van der Waals surface area contributed by atoms with Crippen molar-refractivity contribution in [2.24, 2.45) is 0 Å². The van der Waals surface area contributed by atoms with Crippen LogP contribution in [0.4, 0.5) is 5.82 Å². The van der Waals surface area contributed by atoms with Gasteiger partial charge in [-0.15, -0.1) is 0 Å². The SMILES string of the molecule is Cc1cc(Cc2cc(C)[nH]n2)nc(-c2ccc(N3CC4CC(C3)N4Cc3ccc(-n4cccn4)cn3)nc2)n1. The number of pyridine rings is 2. The lowest BCUT2D eigenvalue weighted by Crippen LogP contribution is -2.68. The van der Waals surface area contributed by atoms with E-state index in [1.54, 1.807) is 6.20 Å². The van der Waals surface area contributed by atoms with Gasteiger partial charge in [-0.25, -0.2) is 19.6 Å². The lowest BCUT2D eigenvalue weighted by molar-refractivity contribution is -0.00967. The minimum Gasteiger partial charge on any atom is -0.353 e. The number of hydrogen-bond donors (Lipinski definition) is 1. The zero-order chi connectivity index (χ0) is 26.3. The predicted octanol–water partition coefficient (Wildman–Crippen LogP) is 3.51. The molecule has 0 aromatic carbocycles. The van der Waals surface area contributed by atoms with E-state index in [1.165, 1.54) is 6.42 Å². The van der Waals surface area contributed by atoms with E-state index < -0.39 is 0 Å². The van der Waals surface area contributed by atoms with Crippen LogP contribution < -0.4 is 4.90 Å². The van der Waals surface area contributed by atoms with Gasteiger partial charge in [0.1, 0.15) is 5.82 Å². The van der Waals surface area contributed by atoms with Gasteiger partial charge in [0.15, 0.2) is 5.82 Å². The van der Waals surface area contributed by atoms with E-state index >= 15 is 0 Å². The quantitative estimate of drug-likeness (QED) is 0.349. The van der Waals surface area contributed by atoms with E-state index in [0.717, 1.165) is 65.2 Å². The maximum absolute atomic E-state index is 4.81. The zero-order valence-corrected chi connectivity index (χ0v) is 22.1. The first kappa shape index (κ1) is 23.7. The molecule has 10 nitrogen and oxygen atoms in total. The number of H-pyrrole nitrogens is 1. The highest BCUT2D eigenvalue weighted by Gasteiger charge is 2.44. The van der Waals surface area contributed by atoms with E-state index in [-0.39, 0.29) is 0 Å². The number of rotatable bonds is 7. The molecule has 196 valence electrons. The Morgan fingerprint density at radius 1 is 0.923 bits per heavy atom. The number of hydrogen-bond acceptors (Lipinski definition) is 8. The Labute approximate surface area is 226 Å². The topological polar surface area (TPSA) is 105 Å². The largest absolute Gasteiger partial charge is 0.353 e. The Kier molecular flexibility index (Phi) is 5.89. The molecular weight excluding hydrogens is 488 g/mol. The van der Waals surface area contributed by atoms with Crippen LogP contribution in [0.1, 0.15) is 34.9 Å². The maximum atomic E-state index is 4.81. The van der Waals surface area contributed by atoms with E-state index in [2.05, 4.69) is 54.3 Å². The van der Waals surface area contributed by atoms with Crippen LogP contribution in [0.25, 0.3) is 17.1 Å². The van der Waals surface area contributed by atoms with Gasteiger partial charge in [-0.3, -0.25) is 15.0 Å². The molecule has 1 N–H and O–H groups in total. The molecule has 8 rings (SSSR count). The molecule has 39 heavy (non-hydrogen) atoms. The number of fused-ring (bicyclic) bond motifs is 2. The van der Waals surface area contributed by atoms with Crippen molar-refractivity contribution in [1.29, 1.82) is 0 Å². The van der Waals surface area contributed by atoms with Gasteiger partial charge in [0.25, 0.3) is 0 Å². The maximum Gasteiger partial charge on any atom is 0.161 e. The molecule has 2 unspecified atom stereocenters. The summed E-state index contributed by atoms with van der Waals surface area (Å²) in [5.74, 6) is 1.71. The summed E-state index contributed by atoms with van der Waals surface area (Å²) in [5.41, 5.74) is 6.92. The van der Waals surface area contributed by atoms with E-state index in [0.29, 0.717) is 24.3 Å². The summed E-state index contributed by atoms with van der Waals surface area (Å²) >= 11 is 0. The average molecular weight is 519 g/mol. The van der Waals surface area contributed by atoms with Gasteiger partial charge in [-0.2, -0.15) is 10.2 Å². The number of aromatic nitrogens is 8. The first-order chi connectivity index (χ1) is 19.1. The monoisotopic (exact) mass is 518 g/mol. The Morgan fingerprint density at radius 3 is 2.51 bits per heavy atom. The number of piperidine rings is 1. The van der Waals surface area contributed by atoms with Gasteiger partial charge in [-0.1, -0.05) is 0 Å². The molecule has 3 aliphatic heterocycles. The van der Waals surface area contributed by atoms with Crippen LogP contribution in [0.3, 0.4) is 0 Å². The van der Waals surface area contributed by atoms with Crippen LogP contribution in [0.5, 0.6) is 0 Å². The fourth-order valence-electron chi connectivity index (χ4n) is 5.70. The average Bonchev–Trinajstić information content (AvgIpc) is 3.64. The van der Waals surface area contributed by atoms with E-state index in [9.17, 15) is 0 Å². The normalized spacial score (nSPS) is 18.8. The summed E-state index contributed by atoms with van der Waals surface area (Å²) in [6.07, 6.45) is 9.41. The van der Waals surface area contributed by atoms with Crippen LogP contribution in [-0.2, 0) is 13.0 Å². The highest BCUT2D eigenvalue weighted by Crippen LogP contribution is 2.35. The molecule has 0 aliphatic carbocycles. The molecule has 5 aromatic heterocycles. The van der Waals surface area contributed by atoms with Gasteiger partial charge in [0.2, 0.25) is 0 Å². The molecule has 5 aromatic rings. The Morgan fingerprint density at radius 2 is 1.82 bits per heavy atom. The summed E-state index contributed by atoms with van der Waals surface area (Å²) in [6, 6.07) is 15.4. The molecule has 0 amide bonds. The molecule has 3 aliphatic rings. The molecule has 3 fully saturated rings. The Balaban J connectivity index is 0.996. The summed E-state index contributed by atoms with van der Waals surface area (Å²) < 4.78 is 1.83. The summed E-state index contributed by atoms with van der Waals surface area (Å²) in [4.78, 5) is 24.0. The second-order valence-corrected chi connectivity index (χ2v) is 10.5. The van der Waals surface area contributed by atoms with Crippen LogP contribution in [0, 0.1) is 13.8 Å². The number of aromatic amines is 1. The highest BCUT2D eigenvalue weighted by molar-refractivity contribution is 5.57. The molecular formula is C29H30N10. The van der Waals surface area contributed by atoms with Gasteiger partial charge < -0.3 is 4.90 Å². The molecule has 8 heterocycles. The standard InChI is InChI=1S/C29H30N10/c1-19-10-23(12-24-11-20(2)35-36-24)34-29(33-19)21-4-7-28(31-14-21)37-17-26-13-27(18-37)38(26)16-22-5-6-25(15-30-22)39-9-3-8-32-39/h3-11,14-15,26-27H,12-13,16-18H2,1-2H3,(H,35,36). The number of nitrogens with zero attached hydrogens (tertiary/aromatic N) is 9. The molecule has 3 saturated heterocycles. The van der Waals surface area contributed by atoms with Gasteiger partial charge >= 0.3 is 0 Å². The number of piperazine rings is 1. The van der Waals surface area contributed by atoms with Crippen LogP contribution >= 0.6 is 0 Å².